The van der Waals surface area contributed by atoms with Gasteiger partial charge >= 0.3 is 0 Å². The SMILES string of the molecule is CCCNC(CCc1ccccc1)c1cscn1. The Bertz CT molecular complexity index is 425. The zero-order chi connectivity index (χ0) is 12.6. The summed E-state index contributed by atoms with van der Waals surface area (Å²) in [6.07, 6.45) is 3.36. The third-order valence-corrected chi connectivity index (χ3v) is 3.62. The van der Waals surface area contributed by atoms with E-state index in [0.29, 0.717) is 6.04 Å². The predicted octanol–water partition coefficient (Wildman–Crippen LogP) is 3.82. The van der Waals surface area contributed by atoms with Gasteiger partial charge in [-0.25, -0.2) is 4.98 Å². The number of benzene rings is 1. The Morgan fingerprint density at radius 2 is 2.11 bits per heavy atom. The van der Waals surface area contributed by atoms with Gasteiger partial charge < -0.3 is 5.32 Å². The molecule has 1 aromatic heterocycles. The molecule has 2 rings (SSSR count). The van der Waals surface area contributed by atoms with E-state index in [9.17, 15) is 0 Å². The average Bonchev–Trinajstić information content (AvgIpc) is 2.94. The lowest BCUT2D eigenvalue weighted by atomic mass is 10.0. The first-order chi connectivity index (χ1) is 8.90. The van der Waals surface area contributed by atoms with E-state index in [2.05, 4.69) is 52.9 Å². The Morgan fingerprint density at radius 1 is 1.28 bits per heavy atom. The van der Waals surface area contributed by atoms with Crippen LogP contribution in [-0.4, -0.2) is 11.5 Å². The van der Waals surface area contributed by atoms with E-state index >= 15 is 0 Å². The van der Waals surface area contributed by atoms with Crippen LogP contribution in [0.2, 0.25) is 0 Å². The van der Waals surface area contributed by atoms with Crippen molar-refractivity contribution in [2.75, 3.05) is 6.54 Å². The van der Waals surface area contributed by atoms with E-state index < -0.39 is 0 Å². The van der Waals surface area contributed by atoms with Crippen LogP contribution in [0.1, 0.15) is 37.1 Å². The van der Waals surface area contributed by atoms with Crippen molar-refractivity contribution in [3.8, 4) is 0 Å². The zero-order valence-corrected chi connectivity index (χ0v) is 11.6. The van der Waals surface area contributed by atoms with E-state index in [1.807, 2.05) is 5.51 Å². The van der Waals surface area contributed by atoms with Crippen molar-refractivity contribution in [1.29, 1.82) is 0 Å². The van der Waals surface area contributed by atoms with E-state index in [1.54, 1.807) is 11.3 Å². The van der Waals surface area contributed by atoms with Crippen LogP contribution in [-0.2, 0) is 6.42 Å². The molecule has 0 spiro atoms. The molecule has 3 heteroatoms. The number of aromatic nitrogens is 1. The van der Waals surface area contributed by atoms with Gasteiger partial charge in [-0.1, -0.05) is 37.3 Å². The summed E-state index contributed by atoms with van der Waals surface area (Å²) >= 11 is 1.67. The lowest BCUT2D eigenvalue weighted by molar-refractivity contribution is 0.491. The number of nitrogens with zero attached hydrogens (tertiary/aromatic N) is 1. The summed E-state index contributed by atoms with van der Waals surface area (Å²) in [5.74, 6) is 0. The first-order valence-electron chi connectivity index (χ1n) is 6.55. The Balaban J connectivity index is 1.93. The van der Waals surface area contributed by atoms with Crippen molar-refractivity contribution in [2.45, 2.75) is 32.2 Å². The molecule has 0 bridgehead atoms. The lowest BCUT2D eigenvalue weighted by Crippen LogP contribution is -2.23. The van der Waals surface area contributed by atoms with Gasteiger partial charge in [-0.2, -0.15) is 0 Å². The maximum absolute atomic E-state index is 4.44. The largest absolute Gasteiger partial charge is 0.309 e. The quantitative estimate of drug-likeness (QED) is 0.818. The second-order valence-corrected chi connectivity index (χ2v) is 5.16. The molecule has 0 aliphatic rings. The monoisotopic (exact) mass is 260 g/mol. The summed E-state index contributed by atoms with van der Waals surface area (Å²) in [6, 6.07) is 11.0. The van der Waals surface area contributed by atoms with E-state index in [-0.39, 0.29) is 0 Å². The molecular weight excluding hydrogens is 240 g/mol. The minimum atomic E-state index is 0.386. The second-order valence-electron chi connectivity index (χ2n) is 4.44. The van der Waals surface area contributed by atoms with E-state index in [4.69, 9.17) is 0 Å². The van der Waals surface area contributed by atoms with Crippen molar-refractivity contribution < 1.29 is 0 Å². The summed E-state index contributed by atoms with van der Waals surface area (Å²) in [4.78, 5) is 4.44. The summed E-state index contributed by atoms with van der Waals surface area (Å²) in [5, 5.41) is 5.74. The Hall–Kier alpha value is -1.19. The highest BCUT2D eigenvalue weighted by Crippen LogP contribution is 2.19. The highest BCUT2D eigenvalue weighted by molar-refractivity contribution is 7.07. The highest BCUT2D eigenvalue weighted by atomic mass is 32.1. The van der Waals surface area contributed by atoms with Gasteiger partial charge in [-0.3, -0.25) is 0 Å². The maximum atomic E-state index is 4.44. The van der Waals surface area contributed by atoms with Crippen molar-refractivity contribution in [1.82, 2.24) is 10.3 Å². The van der Waals surface area contributed by atoms with Gasteiger partial charge in [0.15, 0.2) is 0 Å². The molecule has 18 heavy (non-hydrogen) atoms. The highest BCUT2D eigenvalue weighted by Gasteiger charge is 2.12. The van der Waals surface area contributed by atoms with Gasteiger partial charge in [-0.15, -0.1) is 11.3 Å². The summed E-state index contributed by atoms with van der Waals surface area (Å²) in [7, 11) is 0. The molecule has 0 aliphatic heterocycles. The van der Waals surface area contributed by atoms with E-state index in [1.165, 1.54) is 11.3 Å². The van der Waals surface area contributed by atoms with Crippen molar-refractivity contribution in [3.05, 3.63) is 52.5 Å². The van der Waals surface area contributed by atoms with Crippen LogP contribution in [0.25, 0.3) is 0 Å². The fraction of sp³-hybridized carbons (Fsp3) is 0.400. The van der Waals surface area contributed by atoms with Crippen LogP contribution >= 0.6 is 11.3 Å². The first kappa shape index (κ1) is 13.2. The van der Waals surface area contributed by atoms with Crippen molar-refractivity contribution in [2.24, 2.45) is 0 Å². The molecule has 0 radical (unpaired) electrons. The number of rotatable bonds is 7. The van der Waals surface area contributed by atoms with Crippen LogP contribution in [0.5, 0.6) is 0 Å². The molecular formula is C15H20N2S. The molecule has 1 atom stereocenters. The number of nitrogens with one attached hydrogen (secondary N) is 1. The topological polar surface area (TPSA) is 24.9 Å². The van der Waals surface area contributed by atoms with Gasteiger partial charge in [0.2, 0.25) is 0 Å². The maximum Gasteiger partial charge on any atom is 0.0795 e. The fourth-order valence-electron chi connectivity index (χ4n) is 2.02. The molecule has 0 amide bonds. The van der Waals surface area contributed by atoms with Gasteiger partial charge in [0.25, 0.3) is 0 Å². The number of thiazole rings is 1. The fourth-order valence-corrected chi connectivity index (χ4v) is 2.63. The summed E-state index contributed by atoms with van der Waals surface area (Å²) in [5.41, 5.74) is 4.50. The average molecular weight is 260 g/mol. The normalized spacial score (nSPS) is 12.5. The molecule has 0 aliphatic carbocycles. The third kappa shape index (κ3) is 3.93. The molecule has 1 aromatic carbocycles. The molecule has 1 unspecified atom stereocenters. The van der Waals surface area contributed by atoms with Crippen LogP contribution < -0.4 is 5.32 Å². The Kier molecular flexibility index (Phi) is 5.36. The molecule has 2 nitrogen and oxygen atoms in total. The minimum absolute atomic E-state index is 0.386. The molecule has 1 heterocycles. The van der Waals surface area contributed by atoms with Crippen molar-refractivity contribution >= 4 is 11.3 Å². The third-order valence-electron chi connectivity index (χ3n) is 3.01. The van der Waals surface area contributed by atoms with Crippen LogP contribution in [0.15, 0.2) is 41.2 Å². The summed E-state index contributed by atoms with van der Waals surface area (Å²) in [6.45, 7) is 3.25. The molecule has 0 fully saturated rings. The van der Waals surface area contributed by atoms with Gasteiger partial charge in [-0.05, 0) is 31.4 Å². The standard InChI is InChI=1S/C15H20N2S/c1-2-10-16-14(15-11-18-12-17-15)9-8-13-6-4-3-5-7-13/h3-7,11-12,14,16H,2,8-10H2,1H3. The van der Waals surface area contributed by atoms with Gasteiger partial charge in [0.1, 0.15) is 0 Å². The van der Waals surface area contributed by atoms with Crippen LogP contribution in [0.3, 0.4) is 0 Å². The molecule has 0 saturated heterocycles. The van der Waals surface area contributed by atoms with Gasteiger partial charge in [0, 0.05) is 5.38 Å². The minimum Gasteiger partial charge on any atom is -0.309 e. The van der Waals surface area contributed by atoms with E-state index in [0.717, 1.165) is 25.8 Å². The molecule has 1 N–H and O–H groups in total. The molecule has 0 saturated carbocycles. The second kappa shape index (κ2) is 7.29. The first-order valence-corrected chi connectivity index (χ1v) is 7.50. The Labute approximate surface area is 113 Å². The van der Waals surface area contributed by atoms with Crippen LogP contribution in [0.4, 0.5) is 0 Å². The number of hydrogen-bond donors (Lipinski definition) is 1. The number of hydrogen-bond acceptors (Lipinski definition) is 3. The van der Waals surface area contributed by atoms with Gasteiger partial charge in [0.05, 0.1) is 17.2 Å². The van der Waals surface area contributed by atoms with Crippen LogP contribution in [0, 0.1) is 0 Å². The van der Waals surface area contributed by atoms with Crippen molar-refractivity contribution in [3.63, 3.8) is 0 Å². The zero-order valence-electron chi connectivity index (χ0n) is 10.8. The predicted molar refractivity (Wildman–Crippen MR) is 77.9 cm³/mol. The molecule has 96 valence electrons. The Morgan fingerprint density at radius 3 is 2.78 bits per heavy atom. The smallest absolute Gasteiger partial charge is 0.0795 e. The molecule has 2 aromatic rings. The summed E-state index contributed by atoms with van der Waals surface area (Å²) < 4.78 is 0. The number of aryl methyl sites for hydroxylation is 1. The lowest BCUT2D eigenvalue weighted by Gasteiger charge is -2.16.